The average Bonchev–Trinajstić information content (AvgIpc) is 2.65. The summed E-state index contributed by atoms with van der Waals surface area (Å²) in [5, 5.41) is 3.51. The number of ether oxygens (including phenoxy) is 1. The van der Waals surface area contributed by atoms with Crippen LogP contribution in [0.5, 0.6) is 0 Å². The minimum absolute atomic E-state index is 0.0436. The highest BCUT2D eigenvalue weighted by molar-refractivity contribution is 5.72. The van der Waals surface area contributed by atoms with Gasteiger partial charge in [-0.25, -0.2) is 0 Å². The van der Waals surface area contributed by atoms with E-state index in [1.165, 1.54) is 26.4 Å². The third kappa shape index (κ3) is 3.21. The molecule has 1 aliphatic rings. The molecule has 0 aliphatic heterocycles. The van der Waals surface area contributed by atoms with Crippen LogP contribution in [0.25, 0.3) is 0 Å². The molecule has 0 aromatic heterocycles. The standard InChI is InChI=1S/C13H25NO2/c1-5-11-6-7-12(10(11)3)14-8-9(2)13(15)16-4/h9-12,14H,5-8H2,1-4H3. The predicted octanol–water partition coefficient (Wildman–Crippen LogP) is 2.21. The van der Waals surface area contributed by atoms with Crippen LogP contribution in [0.15, 0.2) is 0 Å². The molecule has 94 valence electrons. The van der Waals surface area contributed by atoms with Crippen molar-refractivity contribution in [3.63, 3.8) is 0 Å². The zero-order valence-corrected chi connectivity index (χ0v) is 11.0. The second-order valence-corrected chi connectivity index (χ2v) is 5.04. The van der Waals surface area contributed by atoms with E-state index in [2.05, 4.69) is 19.2 Å². The molecular formula is C13H25NO2. The lowest BCUT2D eigenvalue weighted by atomic mass is 9.93. The summed E-state index contributed by atoms with van der Waals surface area (Å²) in [5.74, 6) is 1.42. The van der Waals surface area contributed by atoms with Crippen LogP contribution >= 0.6 is 0 Å². The molecule has 1 fully saturated rings. The second-order valence-electron chi connectivity index (χ2n) is 5.04. The fraction of sp³-hybridized carbons (Fsp3) is 0.923. The summed E-state index contributed by atoms with van der Waals surface area (Å²) in [6.07, 6.45) is 3.83. The van der Waals surface area contributed by atoms with Gasteiger partial charge in [0.2, 0.25) is 0 Å². The van der Waals surface area contributed by atoms with Gasteiger partial charge in [-0.3, -0.25) is 4.79 Å². The maximum Gasteiger partial charge on any atom is 0.309 e. The van der Waals surface area contributed by atoms with Crippen molar-refractivity contribution in [1.82, 2.24) is 5.32 Å². The van der Waals surface area contributed by atoms with Crippen LogP contribution in [0.3, 0.4) is 0 Å². The fourth-order valence-corrected chi connectivity index (χ4v) is 2.72. The number of hydrogen-bond acceptors (Lipinski definition) is 3. The normalized spacial score (nSPS) is 31.4. The highest BCUT2D eigenvalue weighted by atomic mass is 16.5. The Morgan fingerprint density at radius 3 is 2.69 bits per heavy atom. The number of methoxy groups -OCH3 is 1. The van der Waals surface area contributed by atoms with E-state index in [0.717, 1.165) is 18.4 Å². The Balaban J connectivity index is 2.31. The Morgan fingerprint density at radius 1 is 1.50 bits per heavy atom. The van der Waals surface area contributed by atoms with Crippen LogP contribution in [0.2, 0.25) is 0 Å². The lowest BCUT2D eigenvalue weighted by molar-refractivity contribution is -0.144. The van der Waals surface area contributed by atoms with Gasteiger partial charge in [-0.1, -0.05) is 27.2 Å². The van der Waals surface area contributed by atoms with Gasteiger partial charge < -0.3 is 10.1 Å². The van der Waals surface area contributed by atoms with Crippen LogP contribution in [0, 0.1) is 17.8 Å². The third-order valence-corrected chi connectivity index (χ3v) is 4.04. The summed E-state index contributed by atoms with van der Waals surface area (Å²) >= 11 is 0. The maximum absolute atomic E-state index is 11.3. The topological polar surface area (TPSA) is 38.3 Å². The first-order chi connectivity index (χ1) is 7.60. The summed E-state index contributed by atoms with van der Waals surface area (Å²) in [7, 11) is 1.45. The van der Waals surface area contributed by atoms with Gasteiger partial charge in [0.05, 0.1) is 13.0 Å². The largest absolute Gasteiger partial charge is 0.469 e. The van der Waals surface area contributed by atoms with E-state index < -0.39 is 0 Å². The molecule has 1 aliphatic carbocycles. The van der Waals surface area contributed by atoms with E-state index in [4.69, 9.17) is 4.74 Å². The first-order valence-corrected chi connectivity index (χ1v) is 6.41. The van der Waals surface area contributed by atoms with Gasteiger partial charge in [-0.05, 0) is 24.7 Å². The molecule has 0 aromatic rings. The zero-order valence-electron chi connectivity index (χ0n) is 11.0. The van der Waals surface area contributed by atoms with E-state index in [1.807, 2.05) is 6.92 Å². The molecular weight excluding hydrogens is 202 g/mol. The van der Waals surface area contributed by atoms with Crippen LogP contribution in [0.1, 0.15) is 40.0 Å². The Morgan fingerprint density at radius 2 is 2.19 bits per heavy atom. The van der Waals surface area contributed by atoms with Gasteiger partial charge in [0.1, 0.15) is 0 Å². The van der Waals surface area contributed by atoms with Gasteiger partial charge in [0, 0.05) is 12.6 Å². The average molecular weight is 227 g/mol. The van der Waals surface area contributed by atoms with Crippen molar-refractivity contribution in [3.05, 3.63) is 0 Å². The lowest BCUT2D eigenvalue weighted by Crippen LogP contribution is -2.37. The number of rotatable bonds is 5. The predicted molar refractivity (Wildman–Crippen MR) is 65.1 cm³/mol. The van der Waals surface area contributed by atoms with Crippen LogP contribution in [-0.2, 0) is 9.53 Å². The molecule has 0 radical (unpaired) electrons. The molecule has 3 nitrogen and oxygen atoms in total. The van der Waals surface area contributed by atoms with Crippen molar-refractivity contribution < 1.29 is 9.53 Å². The highest BCUT2D eigenvalue weighted by Crippen LogP contribution is 2.33. The van der Waals surface area contributed by atoms with E-state index in [0.29, 0.717) is 6.04 Å². The highest BCUT2D eigenvalue weighted by Gasteiger charge is 2.31. The van der Waals surface area contributed by atoms with Crippen LogP contribution in [-0.4, -0.2) is 25.7 Å². The Kier molecular flexibility index (Phi) is 5.26. The molecule has 3 heteroatoms. The molecule has 0 heterocycles. The number of nitrogens with one attached hydrogen (secondary N) is 1. The Labute approximate surface area is 98.9 Å². The summed E-state index contributed by atoms with van der Waals surface area (Å²) < 4.78 is 4.72. The molecule has 0 spiro atoms. The van der Waals surface area contributed by atoms with E-state index in [-0.39, 0.29) is 11.9 Å². The molecule has 0 aromatic carbocycles. The van der Waals surface area contributed by atoms with E-state index >= 15 is 0 Å². The molecule has 0 bridgehead atoms. The summed E-state index contributed by atoms with van der Waals surface area (Å²) in [4.78, 5) is 11.3. The fourth-order valence-electron chi connectivity index (χ4n) is 2.72. The number of carbonyl (C=O) groups excluding carboxylic acids is 1. The maximum atomic E-state index is 11.3. The molecule has 1 saturated carbocycles. The summed E-state index contributed by atoms with van der Waals surface area (Å²) in [5.41, 5.74) is 0. The number of carbonyl (C=O) groups is 1. The first-order valence-electron chi connectivity index (χ1n) is 6.41. The van der Waals surface area contributed by atoms with Crippen molar-refractivity contribution in [2.24, 2.45) is 17.8 Å². The minimum Gasteiger partial charge on any atom is -0.469 e. The Hall–Kier alpha value is -0.570. The van der Waals surface area contributed by atoms with E-state index in [1.54, 1.807) is 0 Å². The molecule has 4 unspecified atom stereocenters. The zero-order chi connectivity index (χ0) is 12.1. The lowest BCUT2D eigenvalue weighted by Gasteiger charge is -2.22. The summed E-state index contributed by atoms with van der Waals surface area (Å²) in [6.45, 7) is 7.23. The van der Waals surface area contributed by atoms with Crippen molar-refractivity contribution in [2.45, 2.75) is 46.1 Å². The van der Waals surface area contributed by atoms with Gasteiger partial charge >= 0.3 is 5.97 Å². The van der Waals surface area contributed by atoms with Gasteiger partial charge in [0.25, 0.3) is 0 Å². The number of esters is 1. The van der Waals surface area contributed by atoms with Gasteiger partial charge in [-0.15, -0.1) is 0 Å². The van der Waals surface area contributed by atoms with Crippen molar-refractivity contribution in [3.8, 4) is 0 Å². The molecule has 4 atom stereocenters. The quantitative estimate of drug-likeness (QED) is 0.732. The van der Waals surface area contributed by atoms with Gasteiger partial charge in [-0.2, -0.15) is 0 Å². The van der Waals surface area contributed by atoms with Crippen LogP contribution < -0.4 is 5.32 Å². The van der Waals surface area contributed by atoms with Gasteiger partial charge in [0.15, 0.2) is 0 Å². The van der Waals surface area contributed by atoms with Crippen molar-refractivity contribution >= 4 is 5.97 Å². The number of hydrogen-bond donors (Lipinski definition) is 1. The monoisotopic (exact) mass is 227 g/mol. The van der Waals surface area contributed by atoms with Crippen molar-refractivity contribution in [1.29, 1.82) is 0 Å². The first kappa shape index (κ1) is 13.5. The SMILES string of the molecule is CCC1CCC(NCC(C)C(=O)OC)C1C. The van der Waals surface area contributed by atoms with Crippen molar-refractivity contribution in [2.75, 3.05) is 13.7 Å². The minimum atomic E-state index is -0.120. The molecule has 1 N–H and O–H groups in total. The Bertz CT molecular complexity index is 230. The molecule has 0 amide bonds. The molecule has 1 rings (SSSR count). The molecule has 16 heavy (non-hydrogen) atoms. The van der Waals surface area contributed by atoms with Crippen LogP contribution in [0.4, 0.5) is 0 Å². The smallest absolute Gasteiger partial charge is 0.309 e. The van der Waals surface area contributed by atoms with E-state index in [9.17, 15) is 4.79 Å². The summed E-state index contributed by atoms with van der Waals surface area (Å²) in [6, 6.07) is 0.581. The third-order valence-electron chi connectivity index (χ3n) is 4.04. The molecule has 0 saturated heterocycles. The second kappa shape index (κ2) is 6.24.